The molecule has 5 nitrogen and oxygen atoms in total. The van der Waals surface area contributed by atoms with Crippen molar-refractivity contribution < 1.29 is 5.82 Å². The van der Waals surface area contributed by atoms with Crippen LogP contribution in [-0.2, 0) is 6.42 Å². The molecule has 5 rings (SSSR count). The minimum atomic E-state index is -0.473. The molecular formula is C20H17ClFN5. The highest BCUT2D eigenvalue weighted by Crippen LogP contribution is 2.34. The summed E-state index contributed by atoms with van der Waals surface area (Å²) in [6.07, 6.45) is 6.41. The third-order valence-corrected chi connectivity index (χ3v) is 5.13. The van der Waals surface area contributed by atoms with Gasteiger partial charge in [0.25, 0.3) is 0 Å². The zero-order chi connectivity index (χ0) is 18.4. The lowest BCUT2D eigenvalue weighted by Crippen LogP contribution is -2.11. The van der Waals surface area contributed by atoms with Crippen molar-refractivity contribution in [3.8, 4) is 11.4 Å². The Morgan fingerprint density at radius 3 is 3.04 bits per heavy atom. The van der Waals surface area contributed by atoms with Crippen LogP contribution in [-0.4, -0.2) is 19.9 Å². The highest BCUT2D eigenvalue weighted by Gasteiger charge is 2.23. The van der Waals surface area contributed by atoms with Crippen molar-refractivity contribution in [3.63, 3.8) is 0 Å². The van der Waals surface area contributed by atoms with Crippen molar-refractivity contribution in [2.45, 2.75) is 18.9 Å². The highest BCUT2D eigenvalue weighted by molar-refractivity contribution is 6.31. The highest BCUT2D eigenvalue weighted by atomic mass is 35.5. The van der Waals surface area contributed by atoms with Crippen LogP contribution in [0.1, 0.15) is 25.0 Å². The van der Waals surface area contributed by atoms with Gasteiger partial charge in [0, 0.05) is 24.8 Å². The number of rotatable bonds is 3. The van der Waals surface area contributed by atoms with E-state index in [0.717, 1.165) is 23.8 Å². The quantitative estimate of drug-likeness (QED) is 0.514. The Morgan fingerprint density at radius 1 is 1.22 bits per heavy atom. The van der Waals surface area contributed by atoms with Gasteiger partial charge in [0.15, 0.2) is 17.5 Å². The minimum absolute atomic E-state index is 0. The van der Waals surface area contributed by atoms with Crippen LogP contribution in [0.15, 0.2) is 48.9 Å². The number of aryl methyl sites for hydroxylation is 1. The third-order valence-electron chi connectivity index (χ3n) is 4.93. The van der Waals surface area contributed by atoms with Gasteiger partial charge in [-0.2, -0.15) is 0 Å². The topological polar surface area (TPSA) is 66.5 Å². The van der Waals surface area contributed by atoms with Gasteiger partial charge in [-0.15, -0.1) is 0 Å². The molecular weight excluding hydrogens is 365 g/mol. The van der Waals surface area contributed by atoms with Crippen LogP contribution < -0.4 is 5.32 Å². The summed E-state index contributed by atoms with van der Waals surface area (Å²) >= 11 is 6.06. The lowest BCUT2D eigenvalue weighted by molar-refractivity contribution is 0.611. The Morgan fingerprint density at radius 2 is 2.11 bits per heavy atom. The van der Waals surface area contributed by atoms with Gasteiger partial charge < -0.3 is 10.3 Å². The van der Waals surface area contributed by atoms with Crippen molar-refractivity contribution in [1.82, 2.24) is 19.9 Å². The van der Waals surface area contributed by atoms with Gasteiger partial charge in [0.1, 0.15) is 5.65 Å². The smallest absolute Gasteiger partial charge is 0.183 e. The molecule has 1 aliphatic carbocycles. The summed E-state index contributed by atoms with van der Waals surface area (Å²) in [6, 6.07) is 10.1. The second-order valence-electron chi connectivity index (χ2n) is 6.58. The molecule has 0 radical (unpaired) electrons. The maximum Gasteiger partial charge on any atom is 0.183 e. The standard InChI is InChI=1S/C20H15ClFN5.H2/c21-12-7-14-15(9-24-18(14)23-8-12)19-25-10-16(22)20(27-19)26-17-6-5-11-3-1-2-4-13(11)17;/h1-4,7-10,17H,5-6H2,(H,23,24)(H,25,26,27);1H/t17-;/m0./s1. The molecule has 4 aromatic rings. The second kappa shape index (κ2) is 6.32. The molecule has 0 bridgehead atoms. The average Bonchev–Trinajstić information content (AvgIpc) is 3.28. The molecule has 0 fully saturated rings. The monoisotopic (exact) mass is 381 g/mol. The Balaban J connectivity index is 0.00000192. The minimum Gasteiger partial charge on any atom is -0.361 e. The molecule has 0 unspecified atom stereocenters. The summed E-state index contributed by atoms with van der Waals surface area (Å²) < 4.78 is 14.4. The second-order valence-corrected chi connectivity index (χ2v) is 7.01. The maximum absolute atomic E-state index is 14.4. The number of aromatic nitrogens is 4. The predicted octanol–water partition coefficient (Wildman–Crippen LogP) is 5.16. The lowest BCUT2D eigenvalue weighted by atomic mass is 10.1. The molecule has 2 N–H and O–H groups in total. The number of halogens is 2. The van der Waals surface area contributed by atoms with Crippen molar-refractivity contribution in [1.29, 1.82) is 0 Å². The van der Waals surface area contributed by atoms with Gasteiger partial charge in [0.05, 0.1) is 17.3 Å². The number of H-pyrrole nitrogens is 1. The first kappa shape index (κ1) is 16.2. The number of anilines is 1. The SMILES string of the molecule is Fc1cnc(-c2c[nH]c3ncc(Cl)cc23)nc1N[C@H]1CCc2ccccc21.[HH]. The summed E-state index contributed by atoms with van der Waals surface area (Å²) in [5.74, 6) is 0.144. The first-order chi connectivity index (χ1) is 13.2. The molecule has 3 heterocycles. The van der Waals surface area contributed by atoms with E-state index in [1.165, 1.54) is 17.3 Å². The van der Waals surface area contributed by atoms with E-state index in [-0.39, 0.29) is 13.3 Å². The van der Waals surface area contributed by atoms with Crippen LogP contribution >= 0.6 is 11.6 Å². The zero-order valence-corrected chi connectivity index (χ0v) is 15.0. The van der Waals surface area contributed by atoms with Crippen molar-refractivity contribution in [2.75, 3.05) is 5.32 Å². The van der Waals surface area contributed by atoms with E-state index in [0.29, 0.717) is 16.5 Å². The van der Waals surface area contributed by atoms with Gasteiger partial charge in [-0.05, 0) is 30.0 Å². The first-order valence-corrected chi connectivity index (χ1v) is 9.07. The van der Waals surface area contributed by atoms with Crippen LogP contribution in [0.4, 0.5) is 10.2 Å². The summed E-state index contributed by atoms with van der Waals surface area (Å²) in [5, 5.41) is 4.57. The van der Waals surface area contributed by atoms with Gasteiger partial charge in [-0.1, -0.05) is 35.9 Å². The molecule has 1 atom stereocenters. The summed E-state index contributed by atoms with van der Waals surface area (Å²) in [7, 11) is 0. The Bertz CT molecular complexity index is 1160. The molecule has 136 valence electrons. The van der Waals surface area contributed by atoms with E-state index in [1.807, 2.05) is 12.1 Å². The molecule has 27 heavy (non-hydrogen) atoms. The Labute approximate surface area is 161 Å². The molecule has 0 spiro atoms. The van der Waals surface area contributed by atoms with Gasteiger partial charge >= 0.3 is 0 Å². The number of pyridine rings is 1. The molecule has 1 aromatic carbocycles. The number of fused-ring (bicyclic) bond motifs is 2. The van der Waals surface area contributed by atoms with E-state index in [1.54, 1.807) is 18.5 Å². The summed E-state index contributed by atoms with van der Waals surface area (Å²) in [4.78, 5) is 15.9. The molecule has 0 saturated heterocycles. The van der Waals surface area contributed by atoms with Crippen LogP contribution in [0, 0.1) is 5.82 Å². The molecule has 0 amide bonds. The van der Waals surface area contributed by atoms with Crippen molar-refractivity contribution in [3.05, 3.63) is 70.9 Å². The van der Waals surface area contributed by atoms with E-state index in [2.05, 4.69) is 37.4 Å². The number of nitrogens with zero attached hydrogens (tertiary/aromatic N) is 3. The van der Waals surface area contributed by atoms with Gasteiger partial charge in [0.2, 0.25) is 0 Å². The number of hydrogen-bond acceptors (Lipinski definition) is 4. The number of benzene rings is 1. The fourth-order valence-corrected chi connectivity index (χ4v) is 3.79. The summed E-state index contributed by atoms with van der Waals surface area (Å²) in [6.45, 7) is 0. The van der Waals surface area contributed by atoms with E-state index in [4.69, 9.17) is 11.6 Å². The fourth-order valence-electron chi connectivity index (χ4n) is 3.63. The van der Waals surface area contributed by atoms with Crippen molar-refractivity contribution >= 4 is 28.5 Å². The van der Waals surface area contributed by atoms with E-state index >= 15 is 0 Å². The van der Waals surface area contributed by atoms with Crippen LogP contribution in [0.25, 0.3) is 22.4 Å². The predicted molar refractivity (Wildman–Crippen MR) is 105 cm³/mol. The summed E-state index contributed by atoms with van der Waals surface area (Å²) in [5.41, 5.74) is 3.90. The van der Waals surface area contributed by atoms with Crippen LogP contribution in [0.3, 0.4) is 0 Å². The molecule has 0 saturated carbocycles. The number of nitrogens with one attached hydrogen (secondary N) is 2. The molecule has 0 aliphatic heterocycles. The average molecular weight is 382 g/mol. The van der Waals surface area contributed by atoms with Crippen LogP contribution in [0.2, 0.25) is 5.02 Å². The number of aromatic amines is 1. The van der Waals surface area contributed by atoms with E-state index in [9.17, 15) is 4.39 Å². The molecule has 3 aromatic heterocycles. The Hall–Kier alpha value is -2.99. The van der Waals surface area contributed by atoms with Crippen molar-refractivity contribution in [2.24, 2.45) is 0 Å². The maximum atomic E-state index is 14.4. The van der Waals surface area contributed by atoms with E-state index < -0.39 is 5.82 Å². The van der Waals surface area contributed by atoms with Gasteiger partial charge in [-0.25, -0.2) is 19.3 Å². The molecule has 1 aliphatic rings. The van der Waals surface area contributed by atoms with Crippen LogP contribution in [0.5, 0.6) is 0 Å². The first-order valence-electron chi connectivity index (χ1n) is 8.69. The number of hydrogen-bond donors (Lipinski definition) is 2. The Kier molecular flexibility index (Phi) is 3.79. The lowest BCUT2D eigenvalue weighted by Gasteiger charge is -2.15. The van der Waals surface area contributed by atoms with Gasteiger partial charge in [-0.3, -0.25) is 0 Å². The fraction of sp³-hybridized carbons (Fsp3) is 0.150. The largest absolute Gasteiger partial charge is 0.361 e. The molecule has 7 heteroatoms. The normalized spacial score (nSPS) is 15.9. The zero-order valence-electron chi connectivity index (χ0n) is 14.2. The third kappa shape index (κ3) is 2.82.